The fourth-order valence-electron chi connectivity index (χ4n) is 2.63. The van der Waals surface area contributed by atoms with E-state index in [1.54, 1.807) is 12.4 Å². The lowest BCUT2D eigenvalue weighted by molar-refractivity contribution is 0.438. The van der Waals surface area contributed by atoms with Gasteiger partial charge in [0.05, 0.1) is 0 Å². The van der Waals surface area contributed by atoms with Gasteiger partial charge in [0.15, 0.2) is 11.0 Å². The van der Waals surface area contributed by atoms with Gasteiger partial charge in [-0.25, -0.2) is 15.4 Å². The van der Waals surface area contributed by atoms with Crippen LogP contribution < -0.4 is 10.9 Å². The Morgan fingerprint density at radius 3 is 2.80 bits per heavy atom. The number of rotatable bonds is 4. The van der Waals surface area contributed by atoms with E-state index in [4.69, 9.17) is 11.6 Å². The summed E-state index contributed by atoms with van der Waals surface area (Å²) in [5.74, 6) is 1.21. The second kappa shape index (κ2) is 6.20. The summed E-state index contributed by atoms with van der Waals surface area (Å²) in [6.45, 7) is 0.890. The van der Waals surface area contributed by atoms with E-state index in [1.807, 2.05) is 0 Å². The van der Waals surface area contributed by atoms with Crippen LogP contribution in [0.15, 0.2) is 36.7 Å². The van der Waals surface area contributed by atoms with Gasteiger partial charge in [-0.3, -0.25) is 0 Å². The van der Waals surface area contributed by atoms with Gasteiger partial charge in [-0.15, -0.1) is 0 Å². The molecule has 2 N–H and O–H groups in total. The predicted molar refractivity (Wildman–Crippen MR) is 80.6 cm³/mol. The average Bonchev–Trinajstić information content (AvgIpc) is 2.49. The number of nitrogens with zero attached hydrogens (tertiary/aromatic N) is 2. The van der Waals surface area contributed by atoms with Crippen molar-refractivity contribution in [3.05, 3.63) is 52.9 Å². The maximum Gasteiger partial charge on any atom is 0.178 e. The Morgan fingerprint density at radius 1 is 1.15 bits per heavy atom. The van der Waals surface area contributed by atoms with Crippen LogP contribution in [0.5, 0.6) is 0 Å². The topological polar surface area (TPSA) is 49.8 Å². The van der Waals surface area contributed by atoms with Gasteiger partial charge >= 0.3 is 0 Å². The number of aryl methyl sites for hydroxylation is 1. The van der Waals surface area contributed by atoms with E-state index in [2.05, 4.69) is 45.1 Å². The highest BCUT2D eigenvalue weighted by atomic mass is 35.5. The van der Waals surface area contributed by atoms with E-state index in [0.717, 1.165) is 19.4 Å². The van der Waals surface area contributed by atoms with E-state index in [-0.39, 0.29) is 0 Å². The Balaban J connectivity index is 1.52. The first-order valence-corrected chi connectivity index (χ1v) is 7.23. The van der Waals surface area contributed by atoms with Crippen molar-refractivity contribution < 1.29 is 0 Å². The predicted octanol–water partition coefficient (Wildman–Crippen LogP) is 2.85. The molecule has 0 bridgehead atoms. The first-order chi connectivity index (χ1) is 9.83. The van der Waals surface area contributed by atoms with Crippen LogP contribution in [-0.2, 0) is 12.8 Å². The fraction of sp³-hybridized carbons (Fsp3) is 0.333. The van der Waals surface area contributed by atoms with Crippen molar-refractivity contribution in [2.45, 2.75) is 19.3 Å². The van der Waals surface area contributed by atoms with Crippen LogP contribution in [0.25, 0.3) is 0 Å². The summed E-state index contributed by atoms with van der Waals surface area (Å²) in [5, 5.41) is 0.383. The molecule has 0 aliphatic heterocycles. The van der Waals surface area contributed by atoms with E-state index in [9.17, 15) is 0 Å². The molecular weight excluding hydrogens is 272 g/mol. The van der Waals surface area contributed by atoms with Gasteiger partial charge in [0.1, 0.15) is 0 Å². The maximum absolute atomic E-state index is 5.94. The minimum Gasteiger partial charge on any atom is -0.303 e. The molecule has 0 radical (unpaired) electrons. The number of anilines is 1. The molecular formula is C15H17ClN4. The number of benzene rings is 1. The van der Waals surface area contributed by atoms with Gasteiger partial charge in [0.2, 0.25) is 0 Å². The fourth-order valence-corrected chi connectivity index (χ4v) is 2.78. The number of hydrogen-bond donors (Lipinski definition) is 2. The molecule has 0 spiro atoms. The molecule has 0 fully saturated rings. The van der Waals surface area contributed by atoms with E-state index < -0.39 is 0 Å². The van der Waals surface area contributed by atoms with E-state index >= 15 is 0 Å². The minimum atomic E-state index is 0.383. The number of fused-ring (bicyclic) bond motifs is 1. The second-order valence-corrected chi connectivity index (χ2v) is 5.44. The van der Waals surface area contributed by atoms with Crippen LogP contribution in [0.4, 0.5) is 5.82 Å². The summed E-state index contributed by atoms with van der Waals surface area (Å²) in [4.78, 5) is 8.10. The highest BCUT2D eigenvalue weighted by molar-refractivity contribution is 6.31. The lowest BCUT2D eigenvalue weighted by Gasteiger charge is -2.25. The van der Waals surface area contributed by atoms with Gasteiger partial charge in [-0.1, -0.05) is 35.9 Å². The zero-order valence-electron chi connectivity index (χ0n) is 11.1. The van der Waals surface area contributed by atoms with Crippen molar-refractivity contribution in [3.63, 3.8) is 0 Å². The molecule has 4 nitrogen and oxygen atoms in total. The van der Waals surface area contributed by atoms with Crippen LogP contribution >= 0.6 is 11.6 Å². The quantitative estimate of drug-likeness (QED) is 0.850. The van der Waals surface area contributed by atoms with Gasteiger partial charge < -0.3 is 5.43 Å². The molecule has 3 rings (SSSR count). The lowest BCUT2D eigenvalue weighted by atomic mass is 9.84. The molecule has 1 aliphatic carbocycles. The van der Waals surface area contributed by atoms with E-state index in [0.29, 0.717) is 16.9 Å². The summed E-state index contributed by atoms with van der Waals surface area (Å²) < 4.78 is 0. The summed E-state index contributed by atoms with van der Waals surface area (Å²) in [6.07, 6.45) is 6.69. The SMILES string of the molecule is Clc1nccnc1NNCC1CCc2ccccc2C1. The van der Waals surface area contributed by atoms with Crippen molar-refractivity contribution in [2.75, 3.05) is 12.0 Å². The number of hydrogen-bond acceptors (Lipinski definition) is 4. The molecule has 1 atom stereocenters. The standard InChI is InChI=1S/C15H17ClN4/c16-14-15(18-8-7-17-14)20-19-10-11-5-6-12-3-1-2-4-13(12)9-11/h1-4,7-8,11,19H,5-6,9-10H2,(H,18,20). The smallest absolute Gasteiger partial charge is 0.178 e. The largest absolute Gasteiger partial charge is 0.303 e. The van der Waals surface area contributed by atoms with Crippen molar-refractivity contribution >= 4 is 17.4 Å². The lowest BCUT2D eigenvalue weighted by Crippen LogP contribution is -2.31. The highest BCUT2D eigenvalue weighted by Gasteiger charge is 2.17. The van der Waals surface area contributed by atoms with E-state index in [1.165, 1.54) is 17.5 Å². The first kappa shape index (κ1) is 13.3. The minimum absolute atomic E-state index is 0.383. The molecule has 0 amide bonds. The molecule has 2 aromatic rings. The molecule has 1 aromatic heterocycles. The number of hydrazine groups is 1. The Kier molecular flexibility index (Phi) is 4.14. The number of nitrogens with one attached hydrogen (secondary N) is 2. The molecule has 1 aromatic carbocycles. The molecule has 0 saturated heterocycles. The van der Waals surface area contributed by atoms with Crippen LogP contribution in [0, 0.1) is 5.92 Å². The summed E-state index contributed by atoms with van der Waals surface area (Å²) in [6, 6.07) is 8.70. The van der Waals surface area contributed by atoms with Gasteiger partial charge in [-0.05, 0) is 36.3 Å². The highest BCUT2D eigenvalue weighted by Crippen LogP contribution is 2.24. The maximum atomic E-state index is 5.94. The molecule has 1 heterocycles. The Morgan fingerprint density at radius 2 is 1.95 bits per heavy atom. The van der Waals surface area contributed by atoms with Crippen LogP contribution in [0.3, 0.4) is 0 Å². The second-order valence-electron chi connectivity index (χ2n) is 5.08. The van der Waals surface area contributed by atoms with Crippen molar-refractivity contribution in [1.29, 1.82) is 0 Å². The normalized spacial score (nSPS) is 17.6. The van der Waals surface area contributed by atoms with Crippen LogP contribution in [-0.4, -0.2) is 16.5 Å². The molecule has 5 heteroatoms. The zero-order chi connectivity index (χ0) is 13.8. The molecule has 0 saturated carbocycles. The van der Waals surface area contributed by atoms with Crippen molar-refractivity contribution in [3.8, 4) is 0 Å². The third kappa shape index (κ3) is 3.08. The summed E-state index contributed by atoms with van der Waals surface area (Å²) in [5.41, 5.74) is 9.20. The monoisotopic (exact) mass is 288 g/mol. The summed E-state index contributed by atoms with van der Waals surface area (Å²) >= 11 is 5.94. The number of halogens is 1. The van der Waals surface area contributed by atoms with Gasteiger partial charge in [0, 0.05) is 18.9 Å². The first-order valence-electron chi connectivity index (χ1n) is 6.85. The Labute approximate surface area is 123 Å². The van der Waals surface area contributed by atoms with Gasteiger partial charge in [-0.2, -0.15) is 0 Å². The average molecular weight is 289 g/mol. The van der Waals surface area contributed by atoms with Crippen molar-refractivity contribution in [1.82, 2.24) is 15.4 Å². The van der Waals surface area contributed by atoms with Crippen molar-refractivity contribution in [2.24, 2.45) is 5.92 Å². The summed E-state index contributed by atoms with van der Waals surface area (Å²) in [7, 11) is 0. The Bertz CT molecular complexity index is 588. The zero-order valence-corrected chi connectivity index (χ0v) is 11.9. The molecule has 1 aliphatic rings. The third-order valence-corrected chi connectivity index (χ3v) is 3.98. The molecule has 20 heavy (non-hydrogen) atoms. The van der Waals surface area contributed by atoms with Crippen LogP contribution in [0.1, 0.15) is 17.5 Å². The Hall–Kier alpha value is -1.65. The third-order valence-electron chi connectivity index (χ3n) is 3.70. The number of aromatic nitrogens is 2. The van der Waals surface area contributed by atoms with Gasteiger partial charge in [0.25, 0.3) is 0 Å². The molecule has 1 unspecified atom stereocenters. The van der Waals surface area contributed by atoms with Crippen LogP contribution in [0.2, 0.25) is 5.15 Å². The molecule has 104 valence electrons.